The molecule has 0 aromatic heterocycles. The Hall–Kier alpha value is -2.64. The van der Waals surface area contributed by atoms with Gasteiger partial charge >= 0.3 is 5.97 Å². The van der Waals surface area contributed by atoms with E-state index in [1.807, 2.05) is 0 Å². The van der Waals surface area contributed by atoms with Crippen LogP contribution in [0.3, 0.4) is 0 Å². The number of anilines is 1. The molecule has 0 radical (unpaired) electrons. The number of ether oxygens (including phenoxy) is 1. The zero-order valence-corrected chi connectivity index (χ0v) is 11.0. The third-order valence-corrected chi connectivity index (χ3v) is 2.91. The molecular formula is C14H8F5NO2. The maximum atomic E-state index is 13.4. The van der Waals surface area contributed by atoms with E-state index in [0.29, 0.717) is 5.56 Å². The number of esters is 1. The Morgan fingerprint density at radius 2 is 1.45 bits per heavy atom. The number of para-hydroxylation sites is 1. The van der Waals surface area contributed by atoms with Crippen LogP contribution in [-0.4, -0.2) is 5.97 Å². The molecule has 2 rings (SSSR count). The van der Waals surface area contributed by atoms with Crippen molar-refractivity contribution < 1.29 is 31.5 Å². The molecule has 0 aliphatic carbocycles. The predicted molar refractivity (Wildman–Crippen MR) is 66.8 cm³/mol. The first-order valence-corrected chi connectivity index (χ1v) is 5.84. The number of halogens is 5. The zero-order chi connectivity index (χ0) is 16.6. The van der Waals surface area contributed by atoms with Crippen LogP contribution in [0, 0.1) is 36.0 Å². The van der Waals surface area contributed by atoms with Gasteiger partial charge in [0, 0.05) is 5.69 Å². The molecule has 3 nitrogen and oxygen atoms in total. The molecule has 2 aromatic carbocycles. The smallest absolute Gasteiger partial charge is 0.345 e. The molecule has 2 N–H and O–H groups in total. The van der Waals surface area contributed by atoms with Gasteiger partial charge in [-0.15, -0.1) is 0 Å². The van der Waals surface area contributed by atoms with E-state index < -0.39 is 40.8 Å². The summed E-state index contributed by atoms with van der Waals surface area (Å²) in [5.74, 6) is -14.3. The van der Waals surface area contributed by atoms with Gasteiger partial charge in [-0.05, 0) is 18.6 Å². The van der Waals surface area contributed by atoms with Gasteiger partial charge in [-0.1, -0.05) is 12.1 Å². The number of carbonyl (C=O) groups excluding carboxylic acids is 1. The Morgan fingerprint density at radius 1 is 0.955 bits per heavy atom. The molecule has 0 unspecified atom stereocenters. The van der Waals surface area contributed by atoms with Gasteiger partial charge < -0.3 is 10.5 Å². The standard InChI is InChI=1S/C14H8F5NO2/c1-5-3-2-4-6(12(5)20)14(21)22-13-10(18)8(16)7(15)9(17)11(13)19/h2-4H,20H2,1H3. The van der Waals surface area contributed by atoms with Crippen LogP contribution in [0.4, 0.5) is 27.6 Å². The number of nitrogen functional groups attached to an aromatic ring is 1. The van der Waals surface area contributed by atoms with Crippen molar-refractivity contribution in [3.63, 3.8) is 0 Å². The fourth-order valence-corrected chi connectivity index (χ4v) is 1.68. The van der Waals surface area contributed by atoms with Crippen molar-refractivity contribution in [2.75, 3.05) is 5.73 Å². The van der Waals surface area contributed by atoms with E-state index >= 15 is 0 Å². The lowest BCUT2D eigenvalue weighted by Crippen LogP contribution is -2.15. The zero-order valence-electron chi connectivity index (χ0n) is 11.0. The maximum Gasteiger partial charge on any atom is 0.345 e. The normalized spacial score (nSPS) is 10.6. The molecule has 2 aromatic rings. The van der Waals surface area contributed by atoms with Crippen LogP contribution in [0.5, 0.6) is 5.75 Å². The van der Waals surface area contributed by atoms with Gasteiger partial charge in [-0.3, -0.25) is 0 Å². The van der Waals surface area contributed by atoms with E-state index in [4.69, 9.17) is 5.73 Å². The van der Waals surface area contributed by atoms with Gasteiger partial charge in [0.05, 0.1) is 5.56 Å². The van der Waals surface area contributed by atoms with Crippen molar-refractivity contribution in [2.24, 2.45) is 0 Å². The number of hydrogen-bond acceptors (Lipinski definition) is 3. The number of benzene rings is 2. The molecule has 0 bridgehead atoms. The van der Waals surface area contributed by atoms with Crippen molar-refractivity contribution in [2.45, 2.75) is 6.92 Å². The molecule has 0 atom stereocenters. The number of carbonyl (C=O) groups is 1. The third kappa shape index (κ3) is 2.47. The second-order valence-corrected chi connectivity index (χ2v) is 4.32. The van der Waals surface area contributed by atoms with Gasteiger partial charge in [0.2, 0.25) is 34.8 Å². The van der Waals surface area contributed by atoms with Crippen LogP contribution in [0.15, 0.2) is 18.2 Å². The minimum absolute atomic E-state index is 0.0311. The highest BCUT2D eigenvalue weighted by molar-refractivity contribution is 5.97. The van der Waals surface area contributed by atoms with Crippen molar-refractivity contribution >= 4 is 11.7 Å². The van der Waals surface area contributed by atoms with Crippen LogP contribution in [0.25, 0.3) is 0 Å². The lowest BCUT2D eigenvalue weighted by molar-refractivity contribution is 0.0717. The summed E-state index contributed by atoms with van der Waals surface area (Å²) < 4.78 is 70.1. The Kier molecular flexibility index (Phi) is 4.03. The Labute approximate surface area is 121 Å². The molecule has 0 fully saturated rings. The van der Waals surface area contributed by atoms with E-state index in [0.717, 1.165) is 0 Å². The van der Waals surface area contributed by atoms with Crippen molar-refractivity contribution in [1.29, 1.82) is 0 Å². The molecule has 0 heterocycles. The predicted octanol–water partition coefficient (Wildman–Crippen LogP) is 3.49. The average molecular weight is 317 g/mol. The summed E-state index contributed by atoms with van der Waals surface area (Å²) >= 11 is 0. The second-order valence-electron chi connectivity index (χ2n) is 4.32. The maximum absolute atomic E-state index is 13.4. The third-order valence-electron chi connectivity index (χ3n) is 2.91. The summed E-state index contributed by atoms with van der Waals surface area (Å²) in [5, 5.41) is 0. The molecule has 116 valence electrons. The van der Waals surface area contributed by atoms with Crippen molar-refractivity contribution in [1.82, 2.24) is 0 Å². The highest BCUT2D eigenvalue weighted by atomic mass is 19.2. The molecular weight excluding hydrogens is 309 g/mol. The quantitative estimate of drug-likeness (QED) is 0.230. The van der Waals surface area contributed by atoms with Gasteiger partial charge in [0.15, 0.2) is 0 Å². The van der Waals surface area contributed by atoms with Gasteiger partial charge in [-0.2, -0.15) is 8.78 Å². The van der Waals surface area contributed by atoms with E-state index in [9.17, 15) is 26.7 Å². The minimum Gasteiger partial charge on any atom is -0.416 e. The Bertz CT molecular complexity index is 747. The molecule has 0 saturated heterocycles. The molecule has 0 amide bonds. The summed E-state index contributed by atoms with van der Waals surface area (Å²) in [6.07, 6.45) is 0. The number of hydrogen-bond donors (Lipinski definition) is 1. The Balaban J connectivity index is 2.48. The summed E-state index contributed by atoms with van der Waals surface area (Å²) in [6.45, 7) is 1.56. The highest BCUT2D eigenvalue weighted by Crippen LogP contribution is 2.30. The molecule has 8 heteroatoms. The van der Waals surface area contributed by atoms with Crippen molar-refractivity contribution in [3.8, 4) is 5.75 Å². The van der Waals surface area contributed by atoms with Crippen molar-refractivity contribution in [3.05, 3.63) is 58.4 Å². The minimum atomic E-state index is -2.34. The molecule has 0 aliphatic heterocycles. The lowest BCUT2D eigenvalue weighted by Gasteiger charge is -2.10. The summed E-state index contributed by atoms with van der Waals surface area (Å²) in [7, 11) is 0. The topological polar surface area (TPSA) is 52.3 Å². The number of rotatable bonds is 2. The van der Waals surface area contributed by atoms with E-state index in [2.05, 4.69) is 4.74 Å². The van der Waals surface area contributed by atoms with Crippen LogP contribution in [0.2, 0.25) is 0 Å². The molecule has 0 saturated carbocycles. The average Bonchev–Trinajstić information content (AvgIpc) is 2.50. The van der Waals surface area contributed by atoms with E-state index in [-0.39, 0.29) is 11.3 Å². The van der Waals surface area contributed by atoms with Crippen LogP contribution in [-0.2, 0) is 0 Å². The second kappa shape index (κ2) is 5.63. The lowest BCUT2D eigenvalue weighted by atomic mass is 10.1. The fourth-order valence-electron chi connectivity index (χ4n) is 1.68. The molecule has 0 aliphatic rings. The number of nitrogens with two attached hydrogens (primary N) is 1. The van der Waals surface area contributed by atoms with Crippen LogP contribution >= 0.6 is 0 Å². The highest BCUT2D eigenvalue weighted by Gasteiger charge is 2.29. The first kappa shape index (κ1) is 15.7. The molecule has 22 heavy (non-hydrogen) atoms. The first-order chi connectivity index (χ1) is 10.3. The fraction of sp³-hybridized carbons (Fsp3) is 0.0714. The van der Waals surface area contributed by atoms with Gasteiger partial charge in [0.25, 0.3) is 0 Å². The summed E-state index contributed by atoms with van der Waals surface area (Å²) in [5.41, 5.74) is 5.79. The SMILES string of the molecule is Cc1cccc(C(=O)Oc2c(F)c(F)c(F)c(F)c2F)c1N. The summed E-state index contributed by atoms with van der Waals surface area (Å²) in [6, 6.07) is 4.17. The largest absolute Gasteiger partial charge is 0.416 e. The Morgan fingerprint density at radius 3 is 2.00 bits per heavy atom. The number of aryl methyl sites for hydroxylation is 1. The van der Waals surface area contributed by atoms with E-state index in [1.165, 1.54) is 12.1 Å². The van der Waals surface area contributed by atoms with Gasteiger partial charge in [0.1, 0.15) is 0 Å². The monoisotopic (exact) mass is 317 g/mol. The van der Waals surface area contributed by atoms with Crippen LogP contribution in [0.1, 0.15) is 15.9 Å². The van der Waals surface area contributed by atoms with Crippen LogP contribution < -0.4 is 10.5 Å². The summed E-state index contributed by atoms with van der Waals surface area (Å²) in [4.78, 5) is 11.8. The van der Waals surface area contributed by atoms with Gasteiger partial charge in [-0.25, -0.2) is 18.0 Å². The first-order valence-electron chi connectivity index (χ1n) is 5.84. The molecule has 0 spiro atoms. The van der Waals surface area contributed by atoms with E-state index in [1.54, 1.807) is 13.0 Å².